The van der Waals surface area contributed by atoms with Crippen LogP contribution in [0.5, 0.6) is 5.75 Å². The third-order valence-electron chi connectivity index (χ3n) is 6.11. The number of ether oxygens (including phenoxy) is 4. The molecule has 1 unspecified atom stereocenters. The molecule has 168 valence electrons. The largest absolute Gasteiger partial charge is 0.497 e. The van der Waals surface area contributed by atoms with Crippen molar-refractivity contribution in [3.8, 4) is 5.75 Å². The second-order valence-corrected chi connectivity index (χ2v) is 8.13. The predicted octanol–water partition coefficient (Wildman–Crippen LogP) is 2.35. The highest BCUT2D eigenvalue weighted by atomic mass is 16.5. The van der Waals surface area contributed by atoms with Crippen molar-refractivity contribution in [3.63, 3.8) is 0 Å². The van der Waals surface area contributed by atoms with E-state index in [-0.39, 0.29) is 5.41 Å². The summed E-state index contributed by atoms with van der Waals surface area (Å²) in [6, 6.07) is 8.43. The lowest BCUT2D eigenvalue weighted by Gasteiger charge is -2.38. The number of guanidine groups is 1. The Bertz CT molecular complexity index is 638. The van der Waals surface area contributed by atoms with Gasteiger partial charge in [-0.2, -0.15) is 0 Å². The summed E-state index contributed by atoms with van der Waals surface area (Å²) in [5.74, 6) is 2.29. The fourth-order valence-corrected chi connectivity index (χ4v) is 4.09. The quantitative estimate of drug-likeness (QED) is 0.345. The van der Waals surface area contributed by atoms with E-state index in [1.165, 1.54) is 5.56 Å². The Kier molecular flexibility index (Phi) is 9.24. The van der Waals surface area contributed by atoms with Gasteiger partial charge in [0.05, 0.1) is 20.3 Å². The fraction of sp³-hybridized carbons (Fsp3) is 0.696. The van der Waals surface area contributed by atoms with E-state index in [1.807, 2.05) is 19.2 Å². The first-order valence-corrected chi connectivity index (χ1v) is 11.1. The van der Waals surface area contributed by atoms with E-state index in [0.717, 1.165) is 90.1 Å². The van der Waals surface area contributed by atoms with Crippen LogP contribution in [-0.2, 0) is 19.6 Å². The SMILES string of the molecule is CN=C(NCCCOCC1CCOC1)NCC1(c2ccc(OC)cc2)CCOCC1. The lowest BCUT2D eigenvalue weighted by atomic mass is 9.74. The van der Waals surface area contributed by atoms with E-state index in [4.69, 9.17) is 18.9 Å². The van der Waals surface area contributed by atoms with Crippen molar-refractivity contribution in [1.82, 2.24) is 10.6 Å². The Balaban J connectivity index is 1.43. The first kappa shape index (κ1) is 22.8. The number of nitrogens with zero attached hydrogens (tertiary/aromatic N) is 1. The van der Waals surface area contributed by atoms with E-state index in [1.54, 1.807) is 7.11 Å². The molecule has 0 spiro atoms. The van der Waals surface area contributed by atoms with Crippen molar-refractivity contribution < 1.29 is 18.9 Å². The van der Waals surface area contributed by atoms with Gasteiger partial charge in [0.2, 0.25) is 0 Å². The minimum Gasteiger partial charge on any atom is -0.497 e. The van der Waals surface area contributed by atoms with E-state index in [9.17, 15) is 0 Å². The maximum atomic E-state index is 5.78. The molecule has 7 nitrogen and oxygen atoms in total. The molecule has 1 aromatic rings. The van der Waals surface area contributed by atoms with E-state index >= 15 is 0 Å². The number of nitrogens with one attached hydrogen (secondary N) is 2. The normalized spacial score (nSPS) is 21.4. The first-order chi connectivity index (χ1) is 14.8. The van der Waals surface area contributed by atoms with Crippen LogP contribution in [0.15, 0.2) is 29.3 Å². The van der Waals surface area contributed by atoms with Crippen molar-refractivity contribution in [2.24, 2.45) is 10.9 Å². The van der Waals surface area contributed by atoms with Crippen molar-refractivity contribution in [2.45, 2.75) is 31.1 Å². The third-order valence-corrected chi connectivity index (χ3v) is 6.11. The summed E-state index contributed by atoms with van der Waals surface area (Å²) in [5, 5.41) is 6.94. The summed E-state index contributed by atoms with van der Waals surface area (Å²) in [6.07, 6.45) is 4.05. The predicted molar refractivity (Wildman–Crippen MR) is 118 cm³/mol. The highest BCUT2D eigenvalue weighted by Gasteiger charge is 2.34. The van der Waals surface area contributed by atoms with Crippen LogP contribution in [-0.4, -0.2) is 72.8 Å². The molecule has 0 saturated carbocycles. The number of hydrogen-bond acceptors (Lipinski definition) is 5. The lowest BCUT2D eigenvalue weighted by molar-refractivity contribution is 0.0513. The number of rotatable bonds is 10. The molecule has 2 heterocycles. The summed E-state index contributed by atoms with van der Waals surface area (Å²) in [4.78, 5) is 4.39. The molecule has 2 fully saturated rings. The molecule has 1 atom stereocenters. The maximum Gasteiger partial charge on any atom is 0.191 e. The summed E-state index contributed by atoms with van der Waals surface area (Å²) < 4.78 is 22.1. The van der Waals surface area contributed by atoms with Gasteiger partial charge in [0.1, 0.15) is 5.75 Å². The average molecular weight is 420 g/mol. The molecule has 0 aliphatic carbocycles. The van der Waals surface area contributed by atoms with Crippen molar-refractivity contribution in [2.75, 3.05) is 66.9 Å². The van der Waals surface area contributed by atoms with Crippen LogP contribution < -0.4 is 15.4 Å². The van der Waals surface area contributed by atoms with Gasteiger partial charge in [-0.3, -0.25) is 4.99 Å². The standard InChI is InChI=1S/C23H37N3O4/c1-24-22(25-11-3-12-29-16-19-8-13-30-17-19)26-18-23(9-14-28-15-10-23)20-4-6-21(27-2)7-5-20/h4-7,19H,3,8-18H2,1-2H3,(H2,24,25,26). The monoisotopic (exact) mass is 419 g/mol. The maximum absolute atomic E-state index is 5.78. The minimum atomic E-state index is 0.0363. The van der Waals surface area contributed by atoms with Gasteiger partial charge < -0.3 is 29.6 Å². The summed E-state index contributed by atoms with van der Waals surface area (Å²) in [5.41, 5.74) is 1.35. The highest BCUT2D eigenvalue weighted by molar-refractivity contribution is 5.79. The van der Waals surface area contributed by atoms with Gasteiger partial charge in [-0.15, -0.1) is 0 Å². The molecular formula is C23H37N3O4. The summed E-state index contributed by atoms with van der Waals surface area (Å²) >= 11 is 0. The second kappa shape index (κ2) is 12.1. The molecule has 30 heavy (non-hydrogen) atoms. The van der Waals surface area contributed by atoms with Crippen molar-refractivity contribution in [3.05, 3.63) is 29.8 Å². The van der Waals surface area contributed by atoms with E-state index in [0.29, 0.717) is 5.92 Å². The summed E-state index contributed by atoms with van der Waals surface area (Å²) in [6.45, 7) is 6.50. The molecule has 0 amide bonds. The molecule has 2 N–H and O–H groups in total. The minimum absolute atomic E-state index is 0.0363. The zero-order chi connectivity index (χ0) is 21.1. The summed E-state index contributed by atoms with van der Waals surface area (Å²) in [7, 11) is 3.51. The van der Waals surface area contributed by atoms with E-state index < -0.39 is 0 Å². The van der Waals surface area contributed by atoms with Gasteiger partial charge in [0.15, 0.2) is 5.96 Å². The van der Waals surface area contributed by atoms with Crippen LogP contribution in [0.2, 0.25) is 0 Å². The number of hydrogen-bond donors (Lipinski definition) is 2. The van der Waals surface area contributed by atoms with E-state index in [2.05, 4.69) is 27.8 Å². The third kappa shape index (κ3) is 6.59. The molecule has 2 aliphatic heterocycles. The Morgan fingerprint density at radius 2 is 1.93 bits per heavy atom. The molecule has 0 radical (unpaired) electrons. The van der Waals surface area contributed by atoms with Crippen molar-refractivity contribution in [1.29, 1.82) is 0 Å². The molecule has 0 bridgehead atoms. The topological polar surface area (TPSA) is 73.3 Å². The zero-order valence-corrected chi connectivity index (χ0v) is 18.5. The Morgan fingerprint density at radius 3 is 2.60 bits per heavy atom. The van der Waals surface area contributed by atoms with Crippen LogP contribution in [0.25, 0.3) is 0 Å². The van der Waals surface area contributed by atoms with Crippen LogP contribution in [0.3, 0.4) is 0 Å². The van der Waals surface area contributed by atoms with Gasteiger partial charge in [-0.25, -0.2) is 0 Å². The number of methoxy groups -OCH3 is 1. The Hall–Kier alpha value is -1.83. The zero-order valence-electron chi connectivity index (χ0n) is 18.5. The lowest BCUT2D eigenvalue weighted by Crippen LogP contribution is -2.48. The van der Waals surface area contributed by atoms with Crippen LogP contribution in [0.1, 0.15) is 31.2 Å². The van der Waals surface area contributed by atoms with Gasteiger partial charge >= 0.3 is 0 Å². The molecule has 2 aliphatic rings. The molecule has 7 heteroatoms. The van der Waals surface area contributed by atoms with Crippen LogP contribution >= 0.6 is 0 Å². The molecule has 3 rings (SSSR count). The molecule has 1 aromatic carbocycles. The van der Waals surface area contributed by atoms with Gasteiger partial charge in [0.25, 0.3) is 0 Å². The van der Waals surface area contributed by atoms with Gasteiger partial charge in [-0.05, 0) is 43.4 Å². The van der Waals surface area contributed by atoms with Crippen LogP contribution in [0.4, 0.5) is 0 Å². The van der Waals surface area contributed by atoms with Gasteiger partial charge in [-0.1, -0.05) is 12.1 Å². The fourth-order valence-electron chi connectivity index (χ4n) is 4.09. The Morgan fingerprint density at radius 1 is 1.13 bits per heavy atom. The average Bonchev–Trinajstić information content (AvgIpc) is 3.32. The van der Waals surface area contributed by atoms with Crippen molar-refractivity contribution >= 4 is 5.96 Å². The molecule has 0 aromatic heterocycles. The second-order valence-electron chi connectivity index (χ2n) is 8.13. The number of benzene rings is 1. The smallest absolute Gasteiger partial charge is 0.191 e. The highest BCUT2D eigenvalue weighted by Crippen LogP contribution is 2.35. The molecular weight excluding hydrogens is 382 g/mol. The van der Waals surface area contributed by atoms with Gasteiger partial charge in [0, 0.05) is 57.9 Å². The number of aliphatic imine (C=N–C) groups is 1. The first-order valence-electron chi connectivity index (χ1n) is 11.1. The Labute approximate surface area is 180 Å². The molecule has 2 saturated heterocycles. The van der Waals surface area contributed by atoms with Crippen LogP contribution in [0, 0.1) is 5.92 Å².